The Morgan fingerprint density at radius 3 is 2.21 bits per heavy atom. The third kappa shape index (κ3) is 4.60. The van der Waals surface area contributed by atoms with Gasteiger partial charge in [0.25, 0.3) is 5.22 Å². The number of aromatic nitrogens is 2. The molecule has 6 heteroatoms. The zero-order chi connectivity index (χ0) is 17.9. The number of aryl methyl sites for hydroxylation is 2. The molecule has 0 fully saturated rings. The SMILES string of the molecule is Cc1cc(C)cc(-c2nnc(SCC(=O)N(C(C)C)C(C)C)o2)c1. The van der Waals surface area contributed by atoms with Crippen LogP contribution in [0.4, 0.5) is 0 Å². The number of hydrogen-bond acceptors (Lipinski definition) is 5. The molecule has 1 heterocycles. The van der Waals surface area contributed by atoms with E-state index >= 15 is 0 Å². The van der Waals surface area contributed by atoms with Gasteiger partial charge in [0.05, 0.1) is 5.75 Å². The van der Waals surface area contributed by atoms with Crippen LogP contribution in [-0.2, 0) is 4.79 Å². The van der Waals surface area contributed by atoms with Gasteiger partial charge in [0.2, 0.25) is 11.8 Å². The first kappa shape index (κ1) is 18.5. The molecule has 0 saturated heterocycles. The molecule has 24 heavy (non-hydrogen) atoms. The Balaban J connectivity index is 2.05. The van der Waals surface area contributed by atoms with Crippen LogP contribution in [0.2, 0.25) is 0 Å². The second-order valence-corrected chi connectivity index (χ2v) is 7.45. The standard InChI is InChI=1S/C18H25N3O2S/c1-11(2)21(12(3)4)16(22)10-24-18-20-19-17(23-18)15-8-13(5)7-14(6)9-15/h7-9,11-12H,10H2,1-6H3. The van der Waals surface area contributed by atoms with Crippen LogP contribution in [0.25, 0.3) is 11.5 Å². The van der Waals surface area contributed by atoms with Crippen molar-refractivity contribution < 1.29 is 9.21 Å². The van der Waals surface area contributed by atoms with Gasteiger partial charge in [-0.05, 0) is 53.7 Å². The van der Waals surface area contributed by atoms with Gasteiger partial charge >= 0.3 is 0 Å². The minimum absolute atomic E-state index is 0.0798. The fourth-order valence-corrected chi connectivity index (χ4v) is 3.49. The average molecular weight is 347 g/mol. The molecule has 0 aliphatic heterocycles. The highest BCUT2D eigenvalue weighted by molar-refractivity contribution is 7.99. The van der Waals surface area contributed by atoms with E-state index in [0.717, 1.165) is 16.7 Å². The predicted molar refractivity (Wildman–Crippen MR) is 97.1 cm³/mol. The monoisotopic (exact) mass is 347 g/mol. The quantitative estimate of drug-likeness (QED) is 0.737. The summed E-state index contributed by atoms with van der Waals surface area (Å²) in [5.41, 5.74) is 3.21. The van der Waals surface area contributed by atoms with Crippen molar-refractivity contribution in [3.05, 3.63) is 29.3 Å². The molecule has 0 spiro atoms. The minimum atomic E-state index is 0.0798. The fraction of sp³-hybridized carbons (Fsp3) is 0.500. The van der Waals surface area contributed by atoms with E-state index in [-0.39, 0.29) is 18.0 Å². The van der Waals surface area contributed by atoms with Crippen molar-refractivity contribution in [1.29, 1.82) is 0 Å². The van der Waals surface area contributed by atoms with Gasteiger partial charge in [-0.2, -0.15) is 0 Å². The van der Waals surface area contributed by atoms with Crippen molar-refractivity contribution in [2.24, 2.45) is 0 Å². The molecule has 0 radical (unpaired) electrons. The molecule has 130 valence electrons. The number of carbonyl (C=O) groups excluding carboxylic acids is 1. The number of rotatable bonds is 6. The minimum Gasteiger partial charge on any atom is -0.411 e. The van der Waals surface area contributed by atoms with Crippen molar-refractivity contribution in [3.8, 4) is 11.5 Å². The third-order valence-corrected chi connectivity index (χ3v) is 4.40. The molecule has 0 aliphatic carbocycles. The van der Waals surface area contributed by atoms with Crippen LogP contribution in [0.5, 0.6) is 0 Å². The number of benzene rings is 1. The summed E-state index contributed by atoms with van der Waals surface area (Å²) in [6.45, 7) is 12.2. The van der Waals surface area contributed by atoms with Gasteiger partial charge in [-0.25, -0.2) is 0 Å². The molecular formula is C18H25N3O2S. The summed E-state index contributed by atoms with van der Waals surface area (Å²) < 4.78 is 5.70. The van der Waals surface area contributed by atoms with E-state index < -0.39 is 0 Å². The van der Waals surface area contributed by atoms with E-state index in [4.69, 9.17) is 4.42 Å². The number of nitrogens with zero attached hydrogens (tertiary/aromatic N) is 3. The maximum Gasteiger partial charge on any atom is 0.277 e. The van der Waals surface area contributed by atoms with Crippen LogP contribution in [0.1, 0.15) is 38.8 Å². The number of amides is 1. The summed E-state index contributed by atoms with van der Waals surface area (Å²) in [5.74, 6) is 0.864. The molecule has 0 bridgehead atoms. The number of hydrogen-bond donors (Lipinski definition) is 0. The lowest BCUT2D eigenvalue weighted by molar-refractivity contribution is -0.131. The Labute approximate surface area is 147 Å². The Bertz CT molecular complexity index is 682. The van der Waals surface area contributed by atoms with Crippen LogP contribution < -0.4 is 0 Å². The first-order valence-electron chi connectivity index (χ1n) is 8.14. The summed E-state index contributed by atoms with van der Waals surface area (Å²) in [7, 11) is 0. The average Bonchev–Trinajstić information content (AvgIpc) is 2.92. The van der Waals surface area contributed by atoms with E-state index in [2.05, 4.69) is 16.3 Å². The van der Waals surface area contributed by atoms with Crippen molar-refractivity contribution in [1.82, 2.24) is 15.1 Å². The third-order valence-electron chi connectivity index (χ3n) is 3.59. The fourth-order valence-electron chi connectivity index (χ4n) is 2.85. The van der Waals surface area contributed by atoms with Gasteiger partial charge in [-0.3, -0.25) is 4.79 Å². The Morgan fingerprint density at radius 2 is 1.67 bits per heavy atom. The predicted octanol–water partition coefficient (Wildman–Crippen LogP) is 4.09. The van der Waals surface area contributed by atoms with E-state index in [1.54, 1.807) is 0 Å². The highest BCUT2D eigenvalue weighted by atomic mass is 32.2. The smallest absolute Gasteiger partial charge is 0.277 e. The summed E-state index contributed by atoms with van der Waals surface area (Å²) in [6, 6.07) is 6.47. The van der Waals surface area contributed by atoms with Crippen molar-refractivity contribution >= 4 is 17.7 Å². The molecule has 1 amide bonds. The van der Waals surface area contributed by atoms with Gasteiger partial charge in [0.1, 0.15) is 0 Å². The molecule has 2 rings (SSSR count). The Kier molecular flexibility index (Phi) is 6.04. The zero-order valence-electron chi connectivity index (χ0n) is 15.2. The molecule has 0 saturated carbocycles. The first-order chi connectivity index (χ1) is 11.3. The maximum absolute atomic E-state index is 12.4. The van der Waals surface area contributed by atoms with Gasteiger partial charge in [-0.1, -0.05) is 29.0 Å². The molecule has 0 atom stereocenters. The van der Waals surface area contributed by atoms with E-state index in [1.807, 2.05) is 58.6 Å². The Hall–Kier alpha value is -1.82. The number of carbonyl (C=O) groups is 1. The summed E-state index contributed by atoms with van der Waals surface area (Å²) >= 11 is 1.28. The van der Waals surface area contributed by atoms with Crippen LogP contribution in [0, 0.1) is 13.8 Å². The normalized spacial score (nSPS) is 11.3. The molecule has 0 unspecified atom stereocenters. The summed E-state index contributed by atoms with van der Waals surface area (Å²) in [5, 5.41) is 8.57. The van der Waals surface area contributed by atoms with E-state index in [0.29, 0.717) is 16.9 Å². The Morgan fingerprint density at radius 1 is 1.08 bits per heavy atom. The molecule has 5 nitrogen and oxygen atoms in total. The molecule has 1 aromatic carbocycles. The van der Waals surface area contributed by atoms with E-state index in [1.165, 1.54) is 11.8 Å². The first-order valence-corrected chi connectivity index (χ1v) is 9.12. The summed E-state index contributed by atoms with van der Waals surface area (Å²) in [4.78, 5) is 14.3. The van der Waals surface area contributed by atoms with Gasteiger partial charge in [0.15, 0.2) is 0 Å². The number of thioether (sulfide) groups is 1. The zero-order valence-corrected chi connectivity index (χ0v) is 16.0. The van der Waals surface area contributed by atoms with Crippen LogP contribution in [-0.4, -0.2) is 38.8 Å². The lowest BCUT2D eigenvalue weighted by atomic mass is 10.1. The van der Waals surface area contributed by atoms with Gasteiger partial charge < -0.3 is 9.32 Å². The molecule has 1 aromatic heterocycles. The molecule has 0 aliphatic rings. The van der Waals surface area contributed by atoms with E-state index in [9.17, 15) is 4.79 Å². The maximum atomic E-state index is 12.4. The lowest BCUT2D eigenvalue weighted by Gasteiger charge is -2.30. The van der Waals surface area contributed by atoms with Crippen molar-refractivity contribution in [2.75, 3.05) is 5.75 Å². The summed E-state index contributed by atoms with van der Waals surface area (Å²) in [6.07, 6.45) is 0. The van der Waals surface area contributed by atoms with Crippen LogP contribution in [0.15, 0.2) is 27.8 Å². The highest BCUT2D eigenvalue weighted by Gasteiger charge is 2.21. The van der Waals surface area contributed by atoms with Crippen molar-refractivity contribution in [2.45, 2.75) is 58.8 Å². The van der Waals surface area contributed by atoms with Gasteiger partial charge in [-0.15, -0.1) is 10.2 Å². The van der Waals surface area contributed by atoms with Crippen molar-refractivity contribution in [3.63, 3.8) is 0 Å². The van der Waals surface area contributed by atoms with Gasteiger partial charge in [0, 0.05) is 17.6 Å². The second kappa shape index (κ2) is 7.83. The van der Waals surface area contributed by atoms with Crippen LogP contribution >= 0.6 is 11.8 Å². The highest BCUT2D eigenvalue weighted by Crippen LogP contribution is 2.25. The second-order valence-electron chi connectivity index (χ2n) is 6.53. The topological polar surface area (TPSA) is 59.2 Å². The molecule has 0 N–H and O–H groups in total. The molecule has 2 aromatic rings. The largest absolute Gasteiger partial charge is 0.411 e. The van der Waals surface area contributed by atoms with Crippen LogP contribution in [0.3, 0.4) is 0 Å². The lowest BCUT2D eigenvalue weighted by Crippen LogP contribution is -2.43. The molecular weight excluding hydrogens is 322 g/mol.